The van der Waals surface area contributed by atoms with E-state index in [2.05, 4.69) is 16.0 Å². The first-order valence-electron chi connectivity index (χ1n) is 10.6. The minimum absolute atomic E-state index is 0.0234. The monoisotopic (exact) mass is 383 g/mol. The molecule has 0 saturated heterocycles. The van der Waals surface area contributed by atoms with Gasteiger partial charge in [0.1, 0.15) is 11.8 Å². The second-order valence-electron chi connectivity index (χ2n) is 9.51. The molecule has 4 saturated carbocycles. The highest BCUT2D eigenvalue weighted by Crippen LogP contribution is 2.55. The maximum Gasteiger partial charge on any atom is 0.265 e. The van der Waals surface area contributed by atoms with Crippen molar-refractivity contribution in [1.82, 2.24) is 5.32 Å². The Morgan fingerprint density at radius 2 is 1.82 bits per heavy atom. The van der Waals surface area contributed by atoms with Gasteiger partial charge in [-0.05, 0) is 88.3 Å². The summed E-state index contributed by atoms with van der Waals surface area (Å²) in [5, 5.41) is 9.56. The van der Waals surface area contributed by atoms with Crippen LogP contribution in [0.25, 0.3) is 0 Å². The lowest BCUT2D eigenvalue weighted by molar-refractivity contribution is -0.127. The van der Waals surface area contributed by atoms with Gasteiger partial charge < -0.3 is 20.7 Å². The number of carbonyl (C=O) groups is 2. The highest BCUT2D eigenvalue weighted by molar-refractivity contribution is 5.98. The number of amides is 2. The van der Waals surface area contributed by atoms with Gasteiger partial charge in [-0.25, -0.2) is 0 Å². The van der Waals surface area contributed by atoms with Crippen molar-refractivity contribution in [2.75, 3.05) is 10.6 Å². The molecule has 0 unspecified atom stereocenters. The van der Waals surface area contributed by atoms with Crippen molar-refractivity contribution in [2.45, 2.75) is 70.1 Å². The summed E-state index contributed by atoms with van der Waals surface area (Å²) in [5.74, 6) is 2.98. The Hall–Kier alpha value is -2.24. The van der Waals surface area contributed by atoms with Crippen molar-refractivity contribution in [2.24, 2.45) is 17.8 Å². The van der Waals surface area contributed by atoms with Crippen LogP contribution in [0, 0.1) is 17.8 Å². The molecule has 0 radical (unpaired) electrons. The van der Waals surface area contributed by atoms with Crippen LogP contribution in [0.2, 0.25) is 0 Å². The topological polar surface area (TPSA) is 79.5 Å². The third kappa shape index (κ3) is 3.12. The maximum atomic E-state index is 12.9. The minimum atomic E-state index is -0.490. The van der Waals surface area contributed by atoms with E-state index in [-0.39, 0.29) is 23.4 Å². The maximum absolute atomic E-state index is 12.9. The van der Waals surface area contributed by atoms with Crippen LogP contribution in [0.3, 0.4) is 0 Å². The van der Waals surface area contributed by atoms with E-state index in [1.165, 1.54) is 19.3 Å². The Morgan fingerprint density at radius 1 is 1.18 bits per heavy atom. The zero-order valence-electron chi connectivity index (χ0n) is 16.6. The van der Waals surface area contributed by atoms with Gasteiger partial charge in [-0.2, -0.15) is 0 Å². The van der Waals surface area contributed by atoms with E-state index < -0.39 is 6.10 Å². The molecule has 1 aliphatic heterocycles. The quantitative estimate of drug-likeness (QED) is 0.745. The number of benzene rings is 1. The Bertz CT molecular complexity index is 786. The zero-order chi connectivity index (χ0) is 19.5. The molecule has 6 rings (SSSR count). The summed E-state index contributed by atoms with van der Waals surface area (Å²) in [7, 11) is 0. The Morgan fingerprint density at radius 3 is 2.46 bits per heavy atom. The van der Waals surface area contributed by atoms with Crippen molar-refractivity contribution in [3.05, 3.63) is 18.2 Å². The summed E-state index contributed by atoms with van der Waals surface area (Å²) >= 11 is 0. The van der Waals surface area contributed by atoms with Gasteiger partial charge in [0.25, 0.3) is 5.91 Å². The lowest BCUT2D eigenvalue weighted by Crippen LogP contribution is -2.61. The molecule has 6 nitrogen and oxygen atoms in total. The van der Waals surface area contributed by atoms with E-state index in [1.807, 2.05) is 25.1 Å². The summed E-state index contributed by atoms with van der Waals surface area (Å²) in [6.07, 6.45) is 7.06. The molecule has 28 heavy (non-hydrogen) atoms. The number of anilines is 2. The van der Waals surface area contributed by atoms with Crippen molar-refractivity contribution in [1.29, 1.82) is 0 Å². The molecule has 0 aromatic heterocycles. The fourth-order valence-electron chi connectivity index (χ4n) is 6.25. The first-order valence-corrected chi connectivity index (χ1v) is 10.6. The lowest BCUT2D eigenvalue weighted by Gasteiger charge is -2.57. The molecule has 3 N–H and O–H groups in total. The van der Waals surface area contributed by atoms with Gasteiger partial charge in [-0.1, -0.05) is 0 Å². The largest absolute Gasteiger partial charge is 0.479 e. The van der Waals surface area contributed by atoms with E-state index >= 15 is 0 Å². The highest BCUT2D eigenvalue weighted by atomic mass is 16.5. The van der Waals surface area contributed by atoms with E-state index in [0.29, 0.717) is 11.4 Å². The predicted octanol–water partition coefficient (Wildman–Crippen LogP) is 3.29. The average molecular weight is 383 g/mol. The number of hydrogen-bond donors (Lipinski definition) is 3. The molecule has 4 fully saturated rings. The van der Waals surface area contributed by atoms with Crippen molar-refractivity contribution < 1.29 is 14.3 Å². The molecule has 6 heteroatoms. The van der Waals surface area contributed by atoms with Crippen LogP contribution in [0.15, 0.2) is 18.2 Å². The molecular weight excluding hydrogens is 354 g/mol. The van der Waals surface area contributed by atoms with Crippen LogP contribution in [0.5, 0.6) is 5.75 Å². The van der Waals surface area contributed by atoms with Gasteiger partial charge >= 0.3 is 0 Å². The minimum Gasteiger partial charge on any atom is -0.479 e. The number of fused-ring (bicyclic) bond motifs is 1. The first-order chi connectivity index (χ1) is 13.4. The molecule has 150 valence electrons. The van der Waals surface area contributed by atoms with Crippen molar-refractivity contribution >= 4 is 23.2 Å². The van der Waals surface area contributed by atoms with E-state index in [9.17, 15) is 9.59 Å². The van der Waals surface area contributed by atoms with Gasteiger partial charge in [0.2, 0.25) is 5.91 Å². The van der Waals surface area contributed by atoms with Gasteiger partial charge in [0, 0.05) is 11.2 Å². The zero-order valence-corrected chi connectivity index (χ0v) is 16.6. The van der Waals surface area contributed by atoms with E-state index in [0.717, 1.165) is 42.7 Å². The molecule has 1 aromatic carbocycles. The van der Waals surface area contributed by atoms with Crippen LogP contribution in [-0.2, 0) is 9.59 Å². The van der Waals surface area contributed by atoms with Gasteiger partial charge in [0.15, 0.2) is 6.10 Å². The molecule has 0 spiro atoms. The van der Waals surface area contributed by atoms with Crippen LogP contribution >= 0.6 is 0 Å². The van der Waals surface area contributed by atoms with Crippen LogP contribution in [-0.4, -0.2) is 29.5 Å². The average Bonchev–Trinajstić information content (AvgIpc) is 2.61. The molecule has 5 aliphatic rings. The molecule has 1 aromatic rings. The third-order valence-electron chi connectivity index (χ3n) is 7.11. The van der Waals surface area contributed by atoms with Crippen LogP contribution < -0.4 is 20.7 Å². The number of ether oxygens (including phenoxy) is 1. The predicted molar refractivity (Wildman–Crippen MR) is 107 cm³/mol. The SMILES string of the molecule is C[C@@H]1Oc2ccc(N[C@H](C)C(=O)NC34CC5CC(CC(C5)C3)C4)cc2NC1=O. The second-order valence-corrected chi connectivity index (χ2v) is 9.51. The first kappa shape index (κ1) is 17.8. The summed E-state index contributed by atoms with van der Waals surface area (Å²) < 4.78 is 5.59. The summed E-state index contributed by atoms with van der Waals surface area (Å²) in [4.78, 5) is 24.8. The fraction of sp³-hybridized carbons (Fsp3) is 0.636. The summed E-state index contributed by atoms with van der Waals surface area (Å²) in [6.45, 7) is 3.62. The summed E-state index contributed by atoms with van der Waals surface area (Å²) in [5.41, 5.74) is 1.46. The van der Waals surface area contributed by atoms with Gasteiger partial charge in [0.05, 0.1) is 5.69 Å². The number of rotatable bonds is 4. The molecule has 4 bridgehead atoms. The molecule has 2 amide bonds. The number of nitrogens with one attached hydrogen (secondary N) is 3. The standard InChI is InChI=1S/C22H29N3O3/c1-12(23-17-3-4-19-18(8-17)24-21(27)13(2)28-19)20(26)25-22-9-14-5-15(10-22)7-16(6-14)11-22/h3-4,8,12-16,23H,5-7,9-11H2,1-2H3,(H,24,27)(H,25,26)/t12-,13+,14?,15?,16?,22?/m1/s1. The van der Waals surface area contributed by atoms with E-state index in [4.69, 9.17) is 4.74 Å². The molecule has 4 aliphatic carbocycles. The van der Waals surface area contributed by atoms with Gasteiger partial charge in [-0.15, -0.1) is 0 Å². The molecular formula is C22H29N3O3. The van der Waals surface area contributed by atoms with Crippen LogP contribution in [0.4, 0.5) is 11.4 Å². The fourth-order valence-corrected chi connectivity index (χ4v) is 6.25. The normalized spacial score (nSPS) is 36.1. The van der Waals surface area contributed by atoms with Crippen molar-refractivity contribution in [3.63, 3.8) is 0 Å². The van der Waals surface area contributed by atoms with E-state index in [1.54, 1.807) is 6.92 Å². The molecule has 1 heterocycles. The Labute approximate surface area is 165 Å². The molecule has 2 atom stereocenters. The number of hydrogen-bond acceptors (Lipinski definition) is 4. The smallest absolute Gasteiger partial charge is 0.265 e. The Kier molecular flexibility index (Phi) is 4.07. The summed E-state index contributed by atoms with van der Waals surface area (Å²) in [6, 6.07) is 5.20. The highest BCUT2D eigenvalue weighted by Gasteiger charge is 2.51. The second kappa shape index (κ2) is 6.39. The van der Waals surface area contributed by atoms with Gasteiger partial charge in [-0.3, -0.25) is 9.59 Å². The van der Waals surface area contributed by atoms with Crippen molar-refractivity contribution in [3.8, 4) is 5.75 Å². The number of carbonyl (C=O) groups excluding carboxylic acids is 2. The lowest BCUT2D eigenvalue weighted by atomic mass is 9.53. The van der Waals surface area contributed by atoms with Crippen LogP contribution in [0.1, 0.15) is 52.4 Å². The Balaban J connectivity index is 1.25. The third-order valence-corrected chi connectivity index (χ3v) is 7.11.